The number of hydrogen-bond acceptors (Lipinski definition) is 9. The van der Waals surface area contributed by atoms with Crippen molar-refractivity contribution in [2.45, 2.75) is 32.4 Å². The molecule has 2 atom stereocenters. The van der Waals surface area contributed by atoms with Crippen molar-refractivity contribution in [3.05, 3.63) is 60.7 Å². The summed E-state index contributed by atoms with van der Waals surface area (Å²) in [7, 11) is 0. The Balaban J connectivity index is 1.40. The molecule has 0 unspecified atom stereocenters. The Kier molecular flexibility index (Phi) is 5.64. The van der Waals surface area contributed by atoms with E-state index < -0.39 is 0 Å². The van der Waals surface area contributed by atoms with E-state index in [0.29, 0.717) is 24.5 Å². The van der Waals surface area contributed by atoms with Crippen LogP contribution in [0, 0.1) is 11.3 Å². The number of rotatable bonds is 4. The summed E-state index contributed by atoms with van der Waals surface area (Å²) >= 11 is 0. The van der Waals surface area contributed by atoms with Crippen LogP contribution >= 0.6 is 0 Å². The first-order valence-corrected chi connectivity index (χ1v) is 12.4. The van der Waals surface area contributed by atoms with Crippen molar-refractivity contribution in [1.82, 2.24) is 34.4 Å². The number of hydrogen-bond donors (Lipinski definition) is 0. The lowest BCUT2D eigenvalue weighted by Gasteiger charge is -2.44. The summed E-state index contributed by atoms with van der Waals surface area (Å²) in [6.45, 7) is 7.20. The van der Waals surface area contributed by atoms with Crippen LogP contribution in [-0.4, -0.2) is 78.6 Å². The number of fused-ring (bicyclic) bond motifs is 1. The summed E-state index contributed by atoms with van der Waals surface area (Å²) in [6.07, 6.45) is 9.58. The zero-order valence-electron chi connectivity index (χ0n) is 20.7. The molecule has 0 aliphatic carbocycles. The second-order valence-electron chi connectivity index (χ2n) is 9.52. The number of piperazine rings is 1. The molecular formula is C26H26N10O. The monoisotopic (exact) mass is 494 g/mol. The standard InChI is InChI=1S/C26H26N10O/c1-17-14-35(26(37)23-29-6-3-7-30-23)18(2)13-34(17)24-22-20(33-9-4-10-33)15-36(25(22)32-16-31-24)21-11-19(12-27)5-8-28-21/h3,5-8,11,15-18H,4,9-10,13-14H2,1-2H3/t17-,18+/m0/s1. The molecule has 0 radical (unpaired) electrons. The minimum atomic E-state index is -0.164. The molecule has 11 heteroatoms. The fourth-order valence-corrected chi connectivity index (χ4v) is 5.08. The molecule has 37 heavy (non-hydrogen) atoms. The third-order valence-corrected chi connectivity index (χ3v) is 7.14. The fourth-order valence-electron chi connectivity index (χ4n) is 5.08. The van der Waals surface area contributed by atoms with Crippen molar-refractivity contribution in [2.24, 2.45) is 0 Å². The van der Waals surface area contributed by atoms with Crippen LogP contribution < -0.4 is 9.80 Å². The van der Waals surface area contributed by atoms with Crippen molar-refractivity contribution in [3.8, 4) is 11.9 Å². The Morgan fingerprint density at radius 3 is 2.57 bits per heavy atom. The molecule has 2 aliphatic rings. The van der Waals surface area contributed by atoms with E-state index in [-0.39, 0.29) is 23.8 Å². The first-order chi connectivity index (χ1) is 18.0. The van der Waals surface area contributed by atoms with Gasteiger partial charge in [0.2, 0.25) is 5.82 Å². The van der Waals surface area contributed by atoms with E-state index in [2.05, 4.69) is 42.7 Å². The lowest BCUT2D eigenvalue weighted by Crippen LogP contribution is -2.58. The highest BCUT2D eigenvalue weighted by Crippen LogP contribution is 2.39. The molecule has 0 saturated carbocycles. The van der Waals surface area contributed by atoms with Gasteiger partial charge in [-0.05, 0) is 38.5 Å². The molecule has 1 amide bonds. The predicted molar refractivity (Wildman–Crippen MR) is 138 cm³/mol. The Bertz CT molecular complexity index is 1510. The maximum Gasteiger partial charge on any atom is 0.292 e. The maximum absolute atomic E-state index is 13.1. The zero-order chi connectivity index (χ0) is 25.5. The van der Waals surface area contributed by atoms with Crippen molar-refractivity contribution in [3.63, 3.8) is 0 Å². The number of nitrogens with zero attached hydrogens (tertiary/aromatic N) is 10. The van der Waals surface area contributed by atoms with E-state index in [1.54, 1.807) is 43.1 Å². The maximum atomic E-state index is 13.1. The third-order valence-electron chi connectivity index (χ3n) is 7.14. The van der Waals surface area contributed by atoms with Gasteiger partial charge in [-0.2, -0.15) is 5.26 Å². The quantitative estimate of drug-likeness (QED) is 0.421. The normalized spacial score (nSPS) is 19.5. The van der Waals surface area contributed by atoms with Gasteiger partial charge in [0, 0.05) is 63.1 Å². The van der Waals surface area contributed by atoms with Crippen molar-refractivity contribution >= 4 is 28.4 Å². The molecular weight excluding hydrogens is 468 g/mol. The SMILES string of the molecule is C[C@@H]1CN(c2ncnc3c2c(N2CCC2)cn3-c2cc(C#N)ccn2)[C@@H](C)CN1C(=O)c1ncccn1. The van der Waals surface area contributed by atoms with Gasteiger partial charge in [-0.1, -0.05) is 0 Å². The van der Waals surface area contributed by atoms with Gasteiger partial charge >= 0.3 is 0 Å². The molecule has 0 N–H and O–H groups in total. The Hall–Kier alpha value is -4.59. The number of pyridine rings is 1. The molecule has 6 rings (SSSR count). The summed E-state index contributed by atoms with van der Waals surface area (Å²) in [4.78, 5) is 41.8. The lowest BCUT2D eigenvalue weighted by molar-refractivity contribution is 0.0631. The molecule has 2 saturated heterocycles. The first kappa shape index (κ1) is 22.8. The van der Waals surface area contributed by atoms with Crippen LogP contribution in [0.3, 0.4) is 0 Å². The van der Waals surface area contributed by atoms with Crippen LogP contribution in [0.5, 0.6) is 0 Å². The van der Waals surface area contributed by atoms with E-state index >= 15 is 0 Å². The molecule has 6 heterocycles. The van der Waals surface area contributed by atoms with Gasteiger partial charge in [-0.15, -0.1) is 0 Å². The zero-order valence-corrected chi connectivity index (χ0v) is 20.7. The van der Waals surface area contributed by atoms with Crippen LogP contribution in [0.25, 0.3) is 16.9 Å². The van der Waals surface area contributed by atoms with E-state index in [1.807, 2.05) is 22.6 Å². The number of nitriles is 1. The largest absolute Gasteiger partial charge is 0.369 e. The van der Waals surface area contributed by atoms with E-state index in [4.69, 9.17) is 4.98 Å². The highest BCUT2D eigenvalue weighted by molar-refractivity contribution is 6.01. The highest BCUT2D eigenvalue weighted by atomic mass is 16.2. The average Bonchev–Trinajstić information content (AvgIpc) is 3.28. The fraction of sp³-hybridized carbons (Fsp3) is 0.346. The van der Waals surface area contributed by atoms with Crippen molar-refractivity contribution in [2.75, 3.05) is 36.0 Å². The Morgan fingerprint density at radius 1 is 1.03 bits per heavy atom. The number of amides is 1. The van der Waals surface area contributed by atoms with Crippen LogP contribution in [0.4, 0.5) is 11.5 Å². The number of carbonyl (C=O) groups is 1. The lowest BCUT2D eigenvalue weighted by atomic mass is 10.1. The molecule has 11 nitrogen and oxygen atoms in total. The van der Waals surface area contributed by atoms with Crippen LogP contribution in [-0.2, 0) is 0 Å². The van der Waals surface area contributed by atoms with Gasteiger partial charge in [-0.3, -0.25) is 9.36 Å². The van der Waals surface area contributed by atoms with Crippen molar-refractivity contribution in [1.29, 1.82) is 5.26 Å². The van der Waals surface area contributed by atoms with Crippen LogP contribution in [0.2, 0.25) is 0 Å². The molecule has 2 aliphatic heterocycles. The smallest absolute Gasteiger partial charge is 0.292 e. The summed E-state index contributed by atoms with van der Waals surface area (Å²) < 4.78 is 1.94. The molecule has 0 spiro atoms. The van der Waals surface area contributed by atoms with E-state index in [1.165, 1.54) is 0 Å². The average molecular weight is 495 g/mol. The molecule has 0 aromatic carbocycles. The summed E-state index contributed by atoms with van der Waals surface area (Å²) in [5.41, 5.74) is 2.33. The minimum Gasteiger partial charge on any atom is -0.369 e. The first-order valence-electron chi connectivity index (χ1n) is 12.4. The molecule has 4 aromatic rings. The molecule has 4 aromatic heterocycles. The summed E-state index contributed by atoms with van der Waals surface area (Å²) in [6, 6.07) is 7.29. The molecule has 0 bridgehead atoms. The predicted octanol–water partition coefficient (Wildman–Crippen LogP) is 2.43. The topological polar surface area (TPSA) is 120 Å². The van der Waals surface area contributed by atoms with Gasteiger partial charge < -0.3 is 14.7 Å². The highest BCUT2D eigenvalue weighted by Gasteiger charge is 2.36. The van der Waals surface area contributed by atoms with Gasteiger partial charge in [0.1, 0.15) is 18.0 Å². The van der Waals surface area contributed by atoms with Gasteiger partial charge in [0.15, 0.2) is 5.65 Å². The Morgan fingerprint density at radius 2 is 1.84 bits per heavy atom. The van der Waals surface area contributed by atoms with Gasteiger partial charge in [-0.25, -0.2) is 24.9 Å². The minimum absolute atomic E-state index is 0.00888. The Labute approximate surface area is 214 Å². The van der Waals surface area contributed by atoms with E-state index in [9.17, 15) is 10.1 Å². The van der Waals surface area contributed by atoms with Crippen LogP contribution in [0.15, 0.2) is 49.3 Å². The van der Waals surface area contributed by atoms with E-state index in [0.717, 1.165) is 42.0 Å². The second kappa shape index (κ2) is 9.13. The summed E-state index contributed by atoms with van der Waals surface area (Å²) in [5, 5.41) is 10.4. The second-order valence-corrected chi connectivity index (χ2v) is 9.52. The number of anilines is 2. The molecule has 2 fully saturated rings. The number of aromatic nitrogens is 6. The number of carbonyl (C=O) groups excluding carboxylic acids is 1. The van der Waals surface area contributed by atoms with Gasteiger partial charge in [0.05, 0.1) is 22.7 Å². The van der Waals surface area contributed by atoms with Crippen molar-refractivity contribution < 1.29 is 4.79 Å². The molecule has 186 valence electrons. The summed E-state index contributed by atoms with van der Waals surface area (Å²) in [5.74, 6) is 1.52. The van der Waals surface area contributed by atoms with Gasteiger partial charge in [0.25, 0.3) is 5.91 Å². The third kappa shape index (κ3) is 3.91. The van der Waals surface area contributed by atoms with Crippen LogP contribution in [0.1, 0.15) is 36.5 Å².